The van der Waals surface area contributed by atoms with Gasteiger partial charge in [-0.2, -0.15) is 0 Å². The van der Waals surface area contributed by atoms with E-state index >= 15 is 0 Å². The molecule has 0 saturated carbocycles. The molecule has 30 heavy (non-hydrogen) atoms. The first-order valence-corrected chi connectivity index (χ1v) is 12.3. The summed E-state index contributed by atoms with van der Waals surface area (Å²) in [6.07, 6.45) is 6.48. The third-order valence-corrected chi connectivity index (χ3v) is 4.74. The molecule has 1 amide bonds. The summed E-state index contributed by atoms with van der Waals surface area (Å²) < 4.78 is 0. The highest BCUT2D eigenvalue weighted by Crippen LogP contribution is 2.20. The van der Waals surface area contributed by atoms with Crippen molar-refractivity contribution in [3.8, 4) is 0 Å². The van der Waals surface area contributed by atoms with Crippen LogP contribution in [0.2, 0.25) is 10.0 Å². The number of amides is 1. The summed E-state index contributed by atoms with van der Waals surface area (Å²) in [5, 5.41) is 7.50. The standard InChI is InChI=1S/C19H23Cl3N2OS.2C2H6/c1-4-26-17(12-23-3)6-7-18(13(2)20)24-19(25)8-5-14-9-15(21)11-16(22)10-14;2*1-2/h6-7,9-12,23H,4-5,8H2,1-3H3,(H,24,25);2*1-2H3/b7-6-,17-12-,18-13-;;. The van der Waals surface area contributed by atoms with E-state index in [9.17, 15) is 4.79 Å². The molecule has 0 aliphatic carbocycles. The van der Waals surface area contributed by atoms with Gasteiger partial charge in [-0.3, -0.25) is 4.79 Å². The summed E-state index contributed by atoms with van der Waals surface area (Å²) in [5.74, 6) is 0.828. The smallest absolute Gasteiger partial charge is 0.224 e. The molecule has 0 spiro atoms. The SMILES string of the molecule is CC.CC.CCSC(/C=C\C(NC(=O)CCc1cc(Cl)cc(Cl)c1)=C(/C)Cl)=C\NC. The Labute approximate surface area is 202 Å². The van der Waals surface area contributed by atoms with E-state index < -0.39 is 0 Å². The molecule has 1 aromatic rings. The molecule has 0 atom stereocenters. The zero-order valence-corrected chi connectivity index (χ0v) is 22.1. The monoisotopic (exact) mass is 492 g/mol. The highest BCUT2D eigenvalue weighted by molar-refractivity contribution is 8.03. The van der Waals surface area contributed by atoms with Crippen molar-refractivity contribution in [3.05, 3.63) is 67.8 Å². The van der Waals surface area contributed by atoms with Crippen LogP contribution in [0, 0.1) is 0 Å². The van der Waals surface area contributed by atoms with Gasteiger partial charge in [0.15, 0.2) is 0 Å². The van der Waals surface area contributed by atoms with Crippen molar-refractivity contribution >= 4 is 52.5 Å². The van der Waals surface area contributed by atoms with E-state index in [1.165, 1.54) is 0 Å². The quantitative estimate of drug-likeness (QED) is 0.343. The Morgan fingerprint density at radius 3 is 2.10 bits per heavy atom. The Hall–Kier alpha value is -1.07. The molecule has 0 bridgehead atoms. The molecule has 0 saturated heterocycles. The van der Waals surface area contributed by atoms with Crippen molar-refractivity contribution in [2.75, 3.05) is 12.8 Å². The lowest BCUT2D eigenvalue weighted by molar-refractivity contribution is -0.120. The minimum Gasteiger partial charge on any atom is -0.393 e. The van der Waals surface area contributed by atoms with Gasteiger partial charge in [0.2, 0.25) is 5.91 Å². The first-order chi connectivity index (χ1) is 14.3. The Morgan fingerprint density at radius 2 is 1.63 bits per heavy atom. The van der Waals surface area contributed by atoms with Crippen LogP contribution in [-0.2, 0) is 11.2 Å². The molecule has 0 aromatic heterocycles. The average molecular weight is 494 g/mol. The zero-order chi connectivity index (χ0) is 23.5. The van der Waals surface area contributed by atoms with Crippen LogP contribution in [-0.4, -0.2) is 18.7 Å². The van der Waals surface area contributed by atoms with Crippen molar-refractivity contribution in [3.63, 3.8) is 0 Å². The van der Waals surface area contributed by atoms with Gasteiger partial charge in [-0.15, -0.1) is 11.8 Å². The largest absolute Gasteiger partial charge is 0.393 e. The Kier molecular flexibility index (Phi) is 20.6. The van der Waals surface area contributed by atoms with E-state index in [2.05, 4.69) is 17.6 Å². The highest BCUT2D eigenvalue weighted by Gasteiger charge is 2.07. The summed E-state index contributed by atoms with van der Waals surface area (Å²) >= 11 is 19.8. The van der Waals surface area contributed by atoms with Crippen molar-refractivity contribution in [2.45, 2.75) is 54.4 Å². The topological polar surface area (TPSA) is 41.1 Å². The highest BCUT2D eigenvalue weighted by atomic mass is 35.5. The number of aryl methyl sites for hydroxylation is 1. The van der Waals surface area contributed by atoms with Crippen LogP contribution in [0.4, 0.5) is 0 Å². The molecule has 0 unspecified atom stereocenters. The number of halogens is 3. The molecule has 1 aromatic carbocycles. The van der Waals surface area contributed by atoms with Gasteiger partial charge in [-0.05, 0) is 55.0 Å². The van der Waals surface area contributed by atoms with Gasteiger partial charge in [0, 0.05) is 39.7 Å². The lowest BCUT2D eigenvalue weighted by Crippen LogP contribution is -2.22. The molecule has 1 rings (SSSR count). The molecule has 0 heterocycles. The minimum absolute atomic E-state index is 0.122. The molecule has 0 fully saturated rings. The average Bonchev–Trinajstić information content (AvgIpc) is 2.72. The summed E-state index contributed by atoms with van der Waals surface area (Å²) in [5.41, 5.74) is 1.50. The molecule has 2 N–H and O–H groups in total. The Bertz CT molecular complexity index is 692. The van der Waals surface area contributed by atoms with E-state index in [1.54, 1.807) is 36.9 Å². The molecular weight excluding hydrogens is 459 g/mol. The summed E-state index contributed by atoms with van der Waals surface area (Å²) in [6, 6.07) is 5.28. The number of benzene rings is 1. The van der Waals surface area contributed by atoms with Gasteiger partial charge in [0.05, 0.1) is 5.70 Å². The van der Waals surface area contributed by atoms with Gasteiger partial charge >= 0.3 is 0 Å². The maximum Gasteiger partial charge on any atom is 0.224 e. The van der Waals surface area contributed by atoms with Gasteiger partial charge in [0.25, 0.3) is 0 Å². The summed E-state index contributed by atoms with van der Waals surface area (Å²) in [6.45, 7) is 11.8. The number of rotatable bonds is 9. The molecule has 0 radical (unpaired) electrons. The predicted octanol–water partition coefficient (Wildman–Crippen LogP) is 7.94. The van der Waals surface area contributed by atoms with Gasteiger partial charge in [-0.25, -0.2) is 0 Å². The van der Waals surface area contributed by atoms with Crippen molar-refractivity contribution in [1.29, 1.82) is 0 Å². The zero-order valence-electron chi connectivity index (χ0n) is 19.0. The number of allylic oxidation sites excluding steroid dienone is 3. The normalized spacial score (nSPS) is 11.6. The van der Waals surface area contributed by atoms with E-state index in [0.717, 1.165) is 16.2 Å². The minimum atomic E-state index is -0.122. The fraction of sp³-hybridized carbons (Fsp3) is 0.435. The molecule has 7 heteroatoms. The maximum atomic E-state index is 12.3. The van der Waals surface area contributed by atoms with E-state index in [1.807, 2.05) is 53.1 Å². The van der Waals surface area contributed by atoms with Crippen molar-refractivity contribution < 1.29 is 4.79 Å². The first-order valence-electron chi connectivity index (χ1n) is 10.1. The van der Waals surface area contributed by atoms with Gasteiger partial charge < -0.3 is 10.6 Å². The second-order valence-electron chi connectivity index (χ2n) is 5.37. The van der Waals surface area contributed by atoms with Crippen LogP contribution in [0.1, 0.15) is 53.5 Å². The number of hydrogen-bond acceptors (Lipinski definition) is 3. The lowest BCUT2D eigenvalue weighted by Gasteiger charge is -2.09. The summed E-state index contributed by atoms with van der Waals surface area (Å²) in [4.78, 5) is 13.3. The number of thioether (sulfide) groups is 1. The van der Waals surface area contributed by atoms with E-state index in [4.69, 9.17) is 34.8 Å². The fourth-order valence-corrected chi connectivity index (χ4v) is 3.46. The predicted molar refractivity (Wildman–Crippen MR) is 139 cm³/mol. The fourth-order valence-electron chi connectivity index (χ4n) is 2.08. The van der Waals surface area contributed by atoms with Crippen LogP contribution in [0.5, 0.6) is 0 Å². The molecule has 0 aliphatic rings. The van der Waals surface area contributed by atoms with E-state index in [0.29, 0.717) is 33.6 Å². The van der Waals surface area contributed by atoms with Crippen LogP contribution in [0.25, 0.3) is 0 Å². The Balaban J connectivity index is 0. The van der Waals surface area contributed by atoms with Crippen LogP contribution in [0.15, 0.2) is 52.2 Å². The first kappa shape index (κ1) is 31.1. The number of carbonyl (C=O) groups is 1. The maximum absolute atomic E-state index is 12.3. The number of hydrogen-bond donors (Lipinski definition) is 2. The molecular formula is C23H35Cl3N2OS. The molecule has 170 valence electrons. The van der Waals surface area contributed by atoms with Gasteiger partial charge in [0.1, 0.15) is 0 Å². The third kappa shape index (κ3) is 14.8. The van der Waals surface area contributed by atoms with Crippen LogP contribution < -0.4 is 10.6 Å². The van der Waals surface area contributed by atoms with Crippen LogP contribution in [0.3, 0.4) is 0 Å². The van der Waals surface area contributed by atoms with Crippen LogP contribution >= 0.6 is 46.6 Å². The second-order valence-corrected chi connectivity index (χ2v) is 8.15. The van der Waals surface area contributed by atoms with Crippen molar-refractivity contribution in [2.24, 2.45) is 0 Å². The second kappa shape index (κ2) is 19.9. The lowest BCUT2D eigenvalue weighted by atomic mass is 10.1. The third-order valence-electron chi connectivity index (χ3n) is 3.22. The Morgan fingerprint density at radius 1 is 1.07 bits per heavy atom. The molecule has 0 aliphatic heterocycles. The van der Waals surface area contributed by atoms with E-state index in [-0.39, 0.29) is 5.91 Å². The number of nitrogens with one attached hydrogen (secondary N) is 2. The summed E-state index contributed by atoms with van der Waals surface area (Å²) in [7, 11) is 1.84. The molecule has 3 nitrogen and oxygen atoms in total. The number of carbonyl (C=O) groups excluding carboxylic acids is 1. The van der Waals surface area contributed by atoms with Crippen molar-refractivity contribution in [1.82, 2.24) is 10.6 Å². The van der Waals surface area contributed by atoms with Gasteiger partial charge in [-0.1, -0.05) is 69.4 Å².